The van der Waals surface area contributed by atoms with Crippen molar-refractivity contribution in [2.24, 2.45) is 0 Å². The van der Waals surface area contributed by atoms with Gasteiger partial charge in [0.15, 0.2) is 12.2 Å². The van der Waals surface area contributed by atoms with E-state index in [2.05, 4.69) is 0 Å². The standard InChI is InChI=1S/C16H18O9/c17-6-10(19)12-13(25-15(21)11(20)7-18)14(16(22)24-12)23-8-9-4-2-1-3-5-9/h1-5,10-12,17-20H,6-8H2/t10-,11?,12+/m0/s1. The first kappa shape index (κ1) is 18.9. The number of esters is 2. The number of ether oxygens (including phenoxy) is 3. The zero-order valence-corrected chi connectivity index (χ0v) is 13.1. The average Bonchev–Trinajstić information content (AvgIpc) is 2.94. The summed E-state index contributed by atoms with van der Waals surface area (Å²) in [5.74, 6) is -3.18. The molecule has 1 unspecified atom stereocenters. The van der Waals surface area contributed by atoms with Crippen LogP contribution in [0.1, 0.15) is 5.56 Å². The SMILES string of the molecule is O=C1O[C@H]([C@@H](O)CO)C(OC(=O)C(O)CO)=C1OCc1ccccc1. The third-order valence-corrected chi connectivity index (χ3v) is 3.32. The van der Waals surface area contributed by atoms with Crippen LogP contribution in [0.3, 0.4) is 0 Å². The number of hydrogen-bond donors (Lipinski definition) is 4. The van der Waals surface area contributed by atoms with E-state index in [-0.39, 0.29) is 6.61 Å². The van der Waals surface area contributed by atoms with Crippen LogP contribution in [0, 0.1) is 0 Å². The minimum atomic E-state index is -1.84. The topological polar surface area (TPSA) is 143 Å². The predicted octanol–water partition coefficient (Wildman–Crippen LogP) is -1.41. The van der Waals surface area contributed by atoms with Gasteiger partial charge in [-0.2, -0.15) is 0 Å². The maximum atomic E-state index is 12.0. The average molecular weight is 354 g/mol. The predicted molar refractivity (Wildman–Crippen MR) is 80.4 cm³/mol. The Hall–Kier alpha value is -2.46. The van der Waals surface area contributed by atoms with Gasteiger partial charge < -0.3 is 34.6 Å². The number of aliphatic hydroxyl groups is 4. The number of hydrogen-bond acceptors (Lipinski definition) is 9. The van der Waals surface area contributed by atoms with Crippen LogP contribution in [-0.2, 0) is 30.4 Å². The van der Waals surface area contributed by atoms with Crippen LogP contribution in [-0.4, -0.2) is 63.9 Å². The second-order valence-electron chi connectivity index (χ2n) is 5.16. The largest absolute Gasteiger partial charge is 0.479 e. The number of carbonyl (C=O) groups is 2. The van der Waals surface area contributed by atoms with Crippen LogP contribution in [0.5, 0.6) is 0 Å². The normalized spacial score (nSPS) is 19.4. The first-order valence-corrected chi connectivity index (χ1v) is 7.39. The van der Waals surface area contributed by atoms with E-state index < -0.39 is 55.0 Å². The van der Waals surface area contributed by atoms with E-state index in [1.54, 1.807) is 30.3 Å². The molecular formula is C16H18O9. The lowest BCUT2D eigenvalue weighted by Crippen LogP contribution is -2.35. The Balaban J connectivity index is 2.24. The summed E-state index contributed by atoms with van der Waals surface area (Å²) in [6, 6.07) is 8.79. The van der Waals surface area contributed by atoms with Crippen LogP contribution < -0.4 is 0 Å². The van der Waals surface area contributed by atoms with Crippen molar-refractivity contribution in [3.8, 4) is 0 Å². The molecule has 0 spiro atoms. The van der Waals surface area contributed by atoms with Crippen molar-refractivity contribution in [2.75, 3.05) is 13.2 Å². The quantitative estimate of drug-likeness (QED) is 0.414. The molecule has 25 heavy (non-hydrogen) atoms. The Morgan fingerprint density at radius 2 is 1.84 bits per heavy atom. The van der Waals surface area contributed by atoms with Crippen molar-refractivity contribution >= 4 is 11.9 Å². The minimum Gasteiger partial charge on any atom is -0.479 e. The van der Waals surface area contributed by atoms with Crippen LogP contribution in [0.15, 0.2) is 41.9 Å². The Bertz CT molecular complexity index is 640. The lowest BCUT2D eigenvalue weighted by atomic mass is 10.2. The first-order chi connectivity index (χ1) is 12.0. The Morgan fingerprint density at radius 3 is 2.44 bits per heavy atom. The molecule has 2 rings (SSSR count). The number of cyclic esters (lactones) is 1. The second-order valence-corrected chi connectivity index (χ2v) is 5.16. The van der Waals surface area contributed by atoms with E-state index in [1.165, 1.54) is 0 Å². The summed E-state index contributed by atoms with van der Waals surface area (Å²) in [6.07, 6.45) is -4.88. The highest BCUT2D eigenvalue weighted by molar-refractivity contribution is 5.90. The molecule has 1 heterocycles. The van der Waals surface area contributed by atoms with Gasteiger partial charge >= 0.3 is 11.9 Å². The molecule has 136 valence electrons. The third-order valence-electron chi connectivity index (χ3n) is 3.32. The maximum absolute atomic E-state index is 12.0. The lowest BCUT2D eigenvalue weighted by Gasteiger charge is -2.18. The Labute approximate surface area is 142 Å². The van der Waals surface area contributed by atoms with Crippen LogP contribution >= 0.6 is 0 Å². The van der Waals surface area contributed by atoms with Crippen LogP contribution in [0.4, 0.5) is 0 Å². The van der Waals surface area contributed by atoms with Gasteiger partial charge in [-0.3, -0.25) is 0 Å². The second kappa shape index (κ2) is 8.58. The molecule has 0 fully saturated rings. The van der Waals surface area contributed by atoms with E-state index in [4.69, 9.17) is 24.4 Å². The van der Waals surface area contributed by atoms with Crippen molar-refractivity contribution in [1.82, 2.24) is 0 Å². The van der Waals surface area contributed by atoms with E-state index in [0.717, 1.165) is 5.56 Å². The summed E-state index contributed by atoms with van der Waals surface area (Å²) in [7, 11) is 0. The molecular weight excluding hydrogens is 336 g/mol. The van der Waals surface area contributed by atoms with Crippen molar-refractivity contribution in [3.05, 3.63) is 47.4 Å². The van der Waals surface area contributed by atoms with E-state index in [1.807, 2.05) is 0 Å². The van der Waals surface area contributed by atoms with E-state index in [0.29, 0.717) is 0 Å². The van der Waals surface area contributed by atoms with Gasteiger partial charge in [0.2, 0.25) is 11.5 Å². The molecule has 0 bridgehead atoms. The van der Waals surface area contributed by atoms with E-state index >= 15 is 0 Å². The summed E-state index contributed by atoms with van der Waals surface area (Å²) >= 11 is 0. The molecule has 0 aromatic heterocycles. The molecule has 0 saturated heterocycles. The van der Waals surface area contributed by atoms with Gasteiger partial charge in [0, 0.05) is 0 Å². The summed E-state index contributed by atoms with van der Waals surface area (Å²) in [4.78, 5) is 23.6. The molecule has 3 atom stereocenters. The highest BCUT2D eigenvalue weighted by Crippen LogP contribution is 2.28. The third kappa shape index (κ3) is 4.54. The molecule has 4 N–H and O–H groups in total. The number of carbonyl (C=O) groups excluding carboxylic acids is 2. The van der Waals surface area contributed by atoms with Crippen LogP contribution in [0.2, 0.25) is 0 Å². The summed E-state index contributed by atoms with van der Waals surface area (Å²) < 4.78 is 15.1. The van der Waals surface area contributed by atoms with E-state index in [9.17, 15) is 19.8 Å². The summed E-state index contributed by atoms with van der Waals surface area (Å²) in [6.45, 7) is -1.71. The molecule has 0 amide bonds. The van der Waals surface area contributed by atoms with Gasteiger partial charge in [0.1, 0.15) is 12.7 Å². The number of benzene rings is 1. The molecule has 1 aromatic rings. The fourth-order valence-corrected chi connectivity index (χ4v) is 2.02. The highest BCUT2D eigenvalue weighted by atomic mass is 16.6. The summed E-state index contributed by atoms with van der Waals surface area (Å²) in [5.41, 5.74) is 0.718. The van der Waals surface area contributed by atoms with Gasteiger partial charge in [-0.25, -0.2) is 9.59 Å². The van der Waals surface area contributed by atoms with Gasteiger partial charge in [0.05, 0.1) is 13.2 Å². The Kier molecular flexibility index (Phi) is 6.48. The number of aliphatic hydroxyl groups excluding tert-OH is 4. The molecule has 0 saturated carbocycles. The zero-order chi connectivity index (χ0) is 18.4. The van der Waals surface area contributed by atoms with Crippen molar-refractivity contribution in [2.45, 2.75) is 24.9 Å². The van der Waals surface area contributed by atoms with Crippen LogP contribution in [0.25, 0.3) is 0 Å². The molecule has 9 nitrogen and oxygen atoms in total. The minimum absolute atomic E-state index is 0.0448. The highest BCUT2D eigenvalue weighted by Gasteiger charge is 2.43. The van der Waals surface area contributed by atoms with Gasteiger partial charge in [-0.1, -0.05) is 30.3 Å². The Morgan fingerprint density at radius 1 is 1.16 bits per heavy atom. The monoisotopic (exact) mass is 354 g/mol. The summed E-state index contributed by atoms with van der Waals surface area (Å²) in [5, 5.41) is 36.9. The molecule has 0 radical (unpaired) electrons. The van der Waals surface area contributed by atoms with Gasteiger partial charge in [-0.15, -0.1) is 0 Å². The maximum Gasteiger partial charge on any atom is 0.378 e. The molecule has 1 aliphatic heterocycles. The smallest absolute Gasteiger partial charge is 0.378 e. The fraction of sp³-hybridized carbons (Fsp3) is 0.375. The van der Waals surface area contributed by atoms with Gasteiger partial charge in [-0.05, 0) is 5.56 Å². The zero-order valence-electron chi connectivity index (χ0n) is 13.1. The van der Waals surface area contributed by atoms with Gasteiger partial charge in [0.25, 0.3) is 0 Å². The number of rotatable bonds is 8. The van der Waals surface area contributed by atoms with Crippen molar-refractivity contribution < 1.29 is 44.2 Å². The van der Waals surface area contributed by atoms with Crippen molar-refractivity contribution in [3.63, 3.8) is 0 Å². The lowest BCUT2D eigenvalue weighted by molar-refractivity contribution is -0.157. The molecule has 1 aliphatic rings. The van der Waals surface area contributed by atoms with Crippen molar-refractivity contribution in [1.29, 1.82) is 0 Å². The molecule has 9 heteroatoms. The molecule has 1 aromatic carbocycles. The first-order valence-electron chi connectivity index (χ1n) is 7.39. The fourth-order valence-electron chi connectivity index (χ4n) is 2.02. The molecule has 0 aliphatic carbocycles.